The van der Waals surface area contributed by atoms with Crippen molar-refractivity contribution in [2.45, 2.75) is 39.2 Å². The minimum atomic E-state index is -0.703. The van der Waals surface area contributed by atoms with Gasteiger partial charge in [-0.1, -0.05) is 31.5 Å². The third-order valence-electron chi connectivity index (χ3n) is 4.20. The SMILES string of the molecule is CC1CCC(Cc2ccc3c(c2)COB3O)C1. The molecular formula is C14H19BO2. The van der Waals surface area contributed by atoms with Gasteiger partial charge in [-0.2, -0.15) is 0 Å². The smallest absolute Gasteiger partial charge is 0.423 e. The van der Waals surface area contributed by atoms with Crippen molar-refractivity contribution in [1.29, 1.82) is 0 Å². The molecule has 1 aliphatic heterocycles. The fourth-order valence-corrected chi connectivity index (χ4v) is 3.25. The van der Waals surface area contributed by atoms with Crippen LogP contribution in [0, 0.1) is 11.8 Å². The third kappa shape index (κ3) is 2.27. The fraction of sp³-hybridized carbons (Fsp3) is 0.571. The molecule has 1 heterocycles. The molecule has 0 spiro atoms. The molecule has 0 saturated heterocycles. The van der Waals surface area contributed by atoms with Gasteiger partial charge >= 0.3 is 7.12 Å². The first-order chi connectivity index (χ1) is 8.22. The summed E-state index contributed by atoms with van der Waals surface area (Å²) >= 11 is 0. The molecule has 17 heavy (non-hydrogen) atoms. The zero-order valence-corrected chi connectivity index (χ0v) is 10.4. The molecule has 1 aliphatic carbocycles. The maximum atomic E-state index is 9.57. The summed E-state index contributed by atoms with van der Waals surface area (Å²) in [4.78, 5) is 0. The minimum absolute atomic E-state index is 0.561. The zero-order valence-electron chi connectivity index (χ0n) is 10.4. The molecule has 1 saturated carbocycles. The van der Waals surface area contributed by atoms with Crippen molar-refractivity contribution >= 4 is 12.6 Å². The Bertz CT molecular complexity index is 419. The van der Waals surface area contributed by atoms with E-state index in [4.69, 9.17) is 4.65 Å². The molecule has 2 unspecified atom stereocenters. The first kappa shape index (κ1) is 11.3. The minimum Gasteiger partial charge on any atom is -0.423 e. The lowest BCUT2D eigenvalue weighted by Gasteiger charge is -2.10. The highest BCUT2D eigenvalue weighted by Gasteiger charge is 2.27. The summed E-state index contributed by atoms with van der Waals surface area (Å²) in [6.45, 7) is 2.91. The average Bonchev–Trinajstić information content (AvgIpc) is 2.87. The second-order valence-electron chi connectivity index (χ2n) is 5.68. The number of hydrogen-bond donors (Lipinski definition) is 1. The molecule has 2 atom stereocenters. The van der Waals surface area contributed by atoms with E-state index in [1.807, 2.05) is 6.07 Å². The number of hydrogen-bond acceptors (Lipinski definition) is 2. The summed E-state index contributed by atoms with van der Waals surface area (Å²) in [7, 11) is -0.703. The van der Waals surface area contributed by atoms with Gasteiger partial charge in [-0.15, -0.1) is 0 Å². The highest BCUT2D eigenvalue weighted by atomic mass is 16.5. The molecule has 0 aromatic heterocycles. The van der Waals surface area contributed by atoms with Crippen LogP contribution in [-0.2, 0) is 17.7 Å². The van der Waals surface area contributed by atoms with Gasteiger partial charge in [-0.3, -0.25) is 0 Å². The molecule has 1 N–H and O–H groups in total. The van der Waals surface area contributed by atoms with Gasteiger partial charge in [0.2, 0.25) is 0 Å². The van der Waals surface area contributed by atoms with E-state index < -0.39 is 7.12 Å². The normalized spacial score (nSPS) is 27.5. The van der Waals surface area contributed by atoms with Crippen LogP contribution in [0.1, 0.15) is 37.3 Å². The number of rotatable bonds is 2. The van der Waals surface area contributed by atoms with E-state index in [1.165, 1.54) is 36.8 Å². The van der Waals surface area contributed by atoms with Crippen molar-refractivity contribution in [2.24, 2.45) is 11.8 Å². The third-order valence-corrected chi connectivity index (χ3v) is 4.20. The fourth-order valence-electron chi connectivity index (χ4n) is 3.25. The van der Waals surface area contributed by atoms with Gasteiger partial charge in [0.05, 0.1) is 6.61 Å². The molecule has 2 nitrogen and oxygen atoms in total. The van der Waals surface area contributed by atoms with Gasteiger partial charge in [-0.05, 0) is 47.7 Å². The Labute approximate surface area is 103 Å². The lowest BCUT2D eigenvalue weighted by Crippen LogP contribution is -2.27. The van der Waals surface area contributed by atoms with E-state index in [0.717, 1.165) is 17.3 Å². The molecule has 0 amide bonds. The van der Waals surface area contributed by atoms with Crippen molar-refractivity contribution in [2.75, 3.05) is 0 Å². The van der Waals surface area contributed by atoms with Crippen molar-refractivity contribution in [3.63, 3.8) is 0 Å². The summed E-state index contributed by atoms with van der Waals surface area (Å²) in [6, 6.07) is 6.40. The summed E-state index contributed by atoms with van der Waals surface area (Å²) in [6.07, 6.45) is 5.32. The Morgan fingerprint density at radius 2 is 2.29 bits per heavy atom. The molecule has 2 aliphatic rings. The Hall–Kier alpha value is -0.795. The summed E-state index contributed by atoms with van der Waals surface area (Å²) in [5, 5.41) is 9.57. The molecular weight excluding hydrogens is 211 g/mol. The van der Waals surface area contributed by atoms with E-state index in [2.05, 4.69) is 19.1 Å². The largest absolute Gasteiger partial charge is 0.491 e. The van der Waals surface area contributed by atoms with Crippen LogP contribution in [-0.4, -0.2) is 12.1 Å². The number of benzene rings is 1. The molecule has 3 heteroatoms. The van der Waals surface area contributed by atoms with Gasteiger partial charge < -0.3 is 9.68 Å². The predicted molar refractivity (Wildman–Crippen MR) is 69.0 cm³/mol. The van der Waals surface area contributed by atoms with E-state index in [-0.39, 0.29) is 0 Å². The summed E-state index contributed by atoms with van der Waals surface area (Å²) in [5.74, 6) is 1.76. The van der Waals surface area contributed by atoms with Crippen LogP contribution in [0.2, 0.25) is 0 Å². The molecule has 1 fully saturated rings. The van der Waals surface area contributed by atoms with E-state index >= 15 is 0 Å². The molecule has 0 radical (unpaired) electrons. The van der Waals surface area contributed by atoms with Crippen LogP contribution in [0.15, 0.2) is 18.2 Å². The topological polar surface area (TPSA) is 29.5 Å². The van der Waals surface area contributed by atoms with Crippen molar-refractivity contribution in [3.8, 4) is 0 Å². The number of fused-ring (bicyclic) bond motifs is 1. The highest BCUT2D eigenvalue weighted by Crippen LogP contribution is 2.32. The van der Waals surface area contributed by atoms with Crippen molar-refractivity contribution in [3.05, 3.63) is 29.3 Å². The standard InChI is InChI=1S/C14H19BO2/c1-10-2-3-11(6-10)7-12-4-5-14-13(8-12)9-17-15(14)16/h4-5,8,10-11,16H,2-3,6-7,9H2,1H3. The Balaban J connectivity index is 1.72. The molecule has 90 valence electrons. The summed E-state index contributed by atoms with van der Waals surface area (Å²) in [5.41, 5.74) is 3.52. The second-order valence-corrected chi connectivity index (χ2v) is 5.68. The maximum Gasteiger partial charge on any atom is 0.491 e. The van der Waals surface area contributed by atoms with Gasteiger partial charge in [0.15, 0.2) is 0 Å². The Morgan fingerprint density at radius 3 is 3.06 bits per heavy atom. The van der Waals surface area contributed by atoms with Gasteiger partial charge in [0, 0.05) is 0 Å². The van der Waals surface area contributed by atoms with Crippen LogP contribution in [0.4, 0.5) is 0 Å². The van der Waals surface area contributed by atoms with Crippen LogP contribution in [0.3, 0.4) is 0 Å². The second kappa shape index (κ2) is 4.47. The van der Waals surface area contributed by atoms with Gasteiger partial charge in [-0.25, -0.2) is 0 Å². The lowest BCUT2D eigenvalue weighted by atomic mass is 9.78. The predicted octanol–water partition coefficient (Wildman–Crippen LogP) is 1.88. The van der Waals surface area contributed by atoms with E-state index in [0.29, 0.717) is 6.61 Å². The quantitative estimate of drug-likeness (QED) is 0.786. The molecule has 3 rings (SSSR count). The maximum absolute atomic E-state index is 9.57. The zero-order chi connectivity index (χ0) is 11.8. The monoisotopic (exact) mass is 230 g/mol. The first-order valence-electron chi connectivity index (χ1n) is 6.63. The van der Waals surface area contributed by atoms with Crippen molar-refractivity contribution < 1.29 is 9.68 Å². The highest BCUT2D eigenvalue weighted by molar-refractivity contribution is 6.61. The molecule has 0 bridgehead atoms. The van der Waals surface area contributed by atoms with Crippen LogP contribution in [0.25, 0.3) is 0 Å². The van der Waals surface area contributed by atoms with Crippen LogP contribution < -0.4 is 5.46 Å². The van der Waals surface area contributed by atoms with E-state index in [9.17, 15) is 5.02 Å². The van der Waals surface area contributed by atoms with Gasteiger partial charge in [0.1, 0.15) is 0 Å². The van der Waals surface area contributed by atoms with Crippen molar-refractivity contribution in [1.82, 2.24) is 0 Å². The molecule has 1 aromatic carbocycles. The van der Waals surface area contributed by atoms with Crippen LogP contribution >= 0.6 is 0 Å². The van der Waals surface area contributed by atoms with Crippen LogP contribution in [0.5, 0.6) is 0 Å². The summed E-state index contributed by atoms with van der Waals surface area (Å²) < 4.78 is 5.22. The first-order valence-corrected chi connectivity index (χ1v) is 6.63. The van der Waals surface area contributed by atoms with E-state index in [1.54, 1.807) is 0 Å². The Morgan fingerprint density at radius 1 is 1.41 bits per heavy atom. The molecule has 1 aromatic rings. The van der Waals surface area contributed by atoms with Gasteiger partial charge in [0.25, 0.3) is 0 Å². The Kier molecular flexibility index (Phi) is 2.97. The average molecular weight is 230 g/mol. The lowest BCUT2D eigenvalue weighted by molar-refractivity contribution is 0.275.